The summed E-state index contributed by atoms with van der Waals surface area (Å²) < 4.78 is 7.56. The molecule has 2 heterocycles. The van der Waals surface area contributed by atoms with Crippen LogP contribution in [-0.2, 0) is 14.1 Å². The van der Waals surface area contributed by atoms with Gasteiger partial charge in [-0.25, -0.2) is 9.48 Å². The van der Waals surface area contributed by atoms with Crippen LogP contribution in [0.2, 0.25) is 0 Å². The van der Waals surface area contributed by atoms with E-state index < -0.39 is 11.2 Å². The average Bonchev–Trinajstić information content (AvgIpc) is 2.40. The van der Waals surface area contributed by atoms with Gasteiger partial charge in [-0.3, -0.25) is 9.36 Å². The predicted octanol–water partition coefficient (Wildman–Crippen LogP) is -1.14. The summed E-state index contributed by atoms with van der Waals surface area (Å²) in [6.45, 7) is 2.38. The van der Waals surface area contributed by atoms with Gasteiger partial charge in [0.05, 0.1) is 6.61 Å². The Balaban J connectivity index is 2.10. The maximum atomic E-state index is 11.8. The third-order valence-electron chi connectivity index (χ3n) is 3.15. The lowest BCUT2D eigenvalue weighted by Gasteiger charge is -2.22. The number of ether oxygens (including phenoxy) is 1. The molecule has 0 radical (unpaired) electrons. The van der Waals surface area contributed by atoms with Gasteiger partial charge in [0.15, 0.2) is 0 Å². The minimum atomic E-state index is -0.484. The van der Waals surface area contributed by atoms with Crippen LogP contribution in [0.4, 0.5) is 0 Å². The molecule has 0 saturated carbocycles. The first-order chi connectivity index (χ1) is 8.59. The lowest BCUT2D eigenvalue weighted by molar-refractivity contribution is 0.203. The van der Waals surface area contributed by atoms with E-state index in [0.717, 1.165) is 35.2 Å². The minimum Gasteiger partial charge on any atom is -0.472 e. The highest BCUT2D eigenvalue weighted by Gasteiger charge is 2.16. The SMILES string of the molecule is Cn1nc(OCC2CCCNC2)c(=O)n(C)c1=O. The first-order valence-corrected chi connectivity index (χ1v) is 6.07. The van der Waals surface area contributed by atoms with Gasteiger partial charge in [0.1, 0.15) is 0 Å². The van der Waals surface area contributed by atoms with Crippen molar-refractivity contribution in [3.05, 3.63) is 20.8 Å². The van der Waals surface area contributed by atoms with Crippen LogP contribution in [0.5, 0.6) is 5.88 Å². The Kier molecular flexibility index (Phi) is 3.81. The molecule has 1 saturated heterocycles. The number of rotatable bonds is 3. The van der Waals surface area contributed by atoms with Crippen molar-refractivity contribution in [3.8, 4) is 5.88 Å². The lowest BCUT2D eigenvalue weighted by atomic mass is 10.0. The zero-order valence-corrected chi connectivity index (χ0v) is 10.7. The molecule has 100 valence electrons. The van der Waals surface area contributed by atoms with Crippen LogP contribution in [0.25, 0.3) is 0 Å². The second kappa shape index (κ2) is 5.34. The summed E-state index contributed by atoms with van der Waals surface area (Å²) >= 11 is 0. The molecule has 0 aliphatic carbocycles. The largest absolute Gasteiger partial charge is 0.472 e. The van der Waals surface area contributed by atoms with Gasteiger partial charge in [0, 0.05) is 26.6 Å². The summed E-state index contributed by atoms with van der Waals surface area (Å²) in [5, 5.41) is 7.12. The number of hydrogen-bond donors (Lipinski definition) is 1. The van der Waals surface area contributed by atoms with E-state index in [0.29, 0.717) is 12.5 Å². The van der Waals surface area contributed by atoms with Gasteiger partial charge in [-0.15, -0.1) is 5.10 Å². The Morgan fingerprint density at radius 2 is 2.22 bits per heavy atom. The Hall–Kier alpha value is -1.63. The normalized spacial score (nSPS) is 19.8. The molecular weight excluding hydrogens is 236 g/mol. The van der Waals surface area contributed by atoms with Gasteiger partial charge in [-0.1, -0.05) is 0 Å². The molecule has 1 aliphatic heterocycles. The van der Waals surface area contributed by atoms with Crippen LogP contribution in [-0.4, -0.2) is 34.0 Å². The molecule has 2 rings (SSSR count). The topological polar surface area (TPSA) is 78.2 Å². The highest BCUT2D eigenvalue weighted by Crippen LogP contribution is 2.10. The summed E-state index contributed by atoms with van der Waals surface area (Å²) in [6, 6.07) is 0. The molecule has 0 aromatic carbocycles. The van der Waals surface area contributed by atoms with Gasteiger partial charge in [0.25, 0.3) is 5.88 Å². The van der Waals surface area contributed by atoms with Crippen LogP contribution >= 0.6 is 0 Å². The van der Waals surface area contributed by atoms with Crippen molar-refractivity contribution < 1.29 is 4.74 Å². The van der Waals surface area contributed by atoms with Crippen molar-refractivity contribution in [3.63, 3.8) is 0 Å². The Labute approximate surface area is 104 Å². The lowest BCUT2D eigenvalue weighted by Crippen LogP contribution is -2.40. The quantitative estimate of drug-likeness (QED) is 0.737. The number of nitrogens with one attached hydrogen (secondary N) is 1. The summed E-state index contributed by atoms with van der Waals surface area (Å²) in [5.41, 5.74) is -0.937. The van der Waals surface area contributed by atoms with Gasteiger partial charge in [-0.2, -0.15) is 0 Å². The highest BCUT2D eigenvalue weighted by atomic mass is 16.5. The molecule has 1 N–H and O–H groups in total. The van der Waals surface area contributed by atoms with E-state index in [1.165, 1.54) is 14.1 Å². The number of nitrogens with zero attached hydrogens (tertiary/aromatic N) is 3. The van der Waals surface area contributed by atoms with Crippen LogP contribution < -0.4 is 21.3 Å². The molecule has 18 heavy (non-hydrogen) atoms. The second-order valence-electron chi connectivity index (χ2n) is 4.60. The average molecular weight is 254 g/mol. The molecular formula is C11H18N4O3. The van der Waals surface area contributed by atoms with Crippen molar-refractivity contribution in [2.24, 2.45) is 20.0 Å². The number of piperidine rings is 1. The fourth-order valence-electron chi connectivity index (χ4n) is 2.02. The molecule has 1 atom stereocenters. The van der Waals surface area contributed by atoms with Crippen molar-refractivity contribution in [1.29, 1.82) is 0 Å². The summed E-state index contributed by atoms with van der Waals surface area (Å²) in [4.78, 5) is 23.2. The van der Waals surface area contributed by atoms with E-state index in [-0.39, 0.29) is 5.88 Å². The molecule has 0 bridgehead atoms. The number of hydrogen-bond acceptors (Lipinski definition) is 5. The van der Waals surface area contributed by atoms with Crippen molar-refractivity contribution in [2.75, 3.05) is 19.7 Å². The van der Waals surface area contributed by atoms with Gasteiger partial charge >= 0.3 is 11.2 Å². The van der Waals surface area contributed by atoms with Crippen molar-refractivity contribution >= 4 is 0 Å². The van der Waals surface area contributed by atoms with Gasteiger partial charge < -0.3 is 10.1 Å². The molecule has 1 fully saturated rings. The zero-order valence-electron chi connectivity index (χ0n) is 10.7. The molecule has 1 aliphatic rings. The van der Waals surface area contributed by atoms with Crippen molar-refractivity contribution in [2.45, 2.75) is 12.8 Å². The first-order valence-electron chi connectivity index (χ1n) is 6.07. The smallest absolute Gasteiger partial charge is 0.347 e. The first kappa shape index (κ1) is 12.8. The van der Waals surface area contributed by atoms with Crippen molar-refractivity contribution in [1.82, 2.24) is 19.7 Å². The van der Waals surface area contributed by atoms with Crippen LogP contribution in [0.1, 0.15) is 12.8 Å². The summed E-state index contributed by atoms with van der Waals surface area (Å²) in [6.07, 6.45) is 2.20. The molecule has 7 nitrogen and oxygen atoms in total. The fraction of sp³-hybridized carbons (Fsp3) is 0.727. The van der Waals surface area contributed by atoms with E-state index in [9.17, 15) is 9.59 Å². The summed E-state index contributed by atoms with van der Waals surface area (Å²) in [5.74, 6) is 0.382. The predicted molar refractivity (Wildman–Crippen MR) is 65.8 cm³/mol. The zero-order chi connectivity index (χ0) is 13.1. The fourth-order valence-corrected chi connectivity index (χ4v) is 2.02. The van der Waals surface area contributed by atoms with E-state index in [1.807, 2.05) is 0 Å². The van der Waals surface area contributed by atoms with E-state index in [4.69, 9.17) is 4.74 Å². The van der Waals surface area contributed by atoms with E-state index >= 15 is 0 Å². The Morgan fingerprint density at radius 3 is 2.89 bits per heavy atom. The Morgan fingerprint density at radius 1 is 1.44 bits per heavy atom. The van der Waals surface area contributed by atoms with E-state index in [1.54, 1.807) is 0 Å². The van der Waals surface area contributed by atoms with E-state index in [2.05, 4.69) is 10.4 Å². The minimum absolute atomic E-state index is 0.00910. The molecule has 0 spiro atoms. The number of aromatic nitrogens is 3. The number of aryl methyl sites for hydroxylation is 1. The third-order valence-corrected chi connectivity index (χ3v) is 3.15. The van der Waals surface area contributed by atoms with Crippen LogP contribution in [0, 0.1) is 5.92 Å². The standard InChI is InChI=1S/C11H18N4O3/c1-14-10(16)9(13-15(2)11(14)17)18-7-8-4-3-5-12-6-8/h8,12H,3-7H2,1-2H3. The van der Waals surface area contributed by atoms with Gasteiger partial charge in [0.2, 0.25) is 0 Å². The summed E-state index contributed by atoms with van der Waals surface area (Å²) in [7, 11) is 2.91. The highest BCUT2D eigenvalue weighted by molar-refractivity contribution is 5.01. The van der Waals surface area contributed by atoms with Gasteiger partial charge in [-0.05, 0) is 19.4 Å². The Bertz CT molecular complexity index is 528. The van der Waals surface area contributed by atoms with Crippen LogP contribution in [0.15, 0.2) is 9.59 Å². The monoisotopic (exact) mass is 254 g/mol. The van der Waals surface area contributed by atoms with Crippen LogP contribution in [0.3, 0.4) is 0 Å². The molecule has 0 amide bonds. The maximum Gasteiger partial charge on any atom is 0.347 e. The second-order valence-corrected chi connectivity index (χ2v) is 4.60. The molecule has 1 aromatic rings. The molecule has 1 unspecified atom stereocenters. The maximum absolute atomic E-state index is 11.8. The molecule has 7 heteroatoms. The third kappa shape index (κ3) is 2.61. The molecule has 1 aromatic heterocycles.